The second-order valence-corrected chi connectivity index (χ2v) is 10.0. The van der Waals surface area contributed by atoms with Gasteiger partial charge in [0.25, 0.3) is 5.91 Å². The van der Waals surface area contributed by atoms with Crippen LogP contribution in [0.15, 0.2) is 48.5 Å². The number of benzene rings is 2. The maximum atomic E-state index is 13.1. The third-order valence-corrected chi connectivity index (χ3v) is 7.07. The SMILES string of the molecule is Cc1ccc(C2C(C(=O)Nc3cccc(CS(=O)(=O)N(C)C)c3)OCC(=O)N2C)cc1. The van der Waals surface area contributed by atoms with Gasteiger partial charge >= 0.3 is 0 Å². The molecule has 3 rings (SSSR count). The van der Waals surface area contributed by atoms with E-state index in [-0.39, 0.29) is 18.3 Å². The number of morpholine rings is 1. The van der Waals surface area contributed by atoms with Gasteiger partial charge in [-0.05, 0) is 30.2 Å². The minimum Gasteiger partial charge on any atom is -0.356 e. The molecular formula is C22H27N3O5S. The molecule has 31 heavy (non-hydrogen) atoms. The first-order chi connectivity index (χ1) is 14.6. The average Bonchev–Trinajstić information content (AvgIpc) is 2.70. The number of nitrogens with zero attached hydrogens (tertiary/aromatic N) is 2. The molecule has 1 aliphatic rings. The molecule has 0 radical (unpaired) electrons. The maximum absolute atomic E-state index is 13.1. The van der Waals surface area contributed by atoms with Crippen LogP contribution in [0, 0.1) is 6.92 Å². The highest BCUT2D eigenvalue weighted by atomic mass is 32.2. The average molecular weight is 446 g/mol. The Bertz CT molecular complexity index is 1070. The number of rotatable bonds is 6. The lowest BCUT2D eigenvalue weighted by atomic mass is 9.96. The Balaban J connectivity index is 1.82. The second-order valence-electron chi connectivity index (χ2n) is 7.82. The summed E-state index contributed by atoms with van der Waals surface area (Å²) in [5.41, 5.74) is 2.88. The second kappa shape index (κ2) is 9.17. The number of aryl methyl sites for hydroxylation is 1. The minimum atomic E-state index is -3.43. The van der Waals surface area contributed by atoms with E-state index in [4.69, 9.17) is 4.74 Å². The molecule has 1 saturated heterocycles. The molecule has 8 nitrogen and oxygen atoms in total. The predicted octanol–water partition coefficient (Wildman–Crippen LogP) is 1.92. The van der Waals surface area contributed by atoms with Gasteiger partial charge in [0.05, 0.1) is 11.8 Å². The first kappa shape index (κ1) is 22.9. The van der Waals surface area contributed by atoms with Crippen molar-refractivity contribution in [1.29, 1.82) is 0 Å². The summed E-state index contributed by atoms with van der Waals surface area (Å²) in [7, 11) is 1.18. The van der Waals surface area contributed by atoms with Crippen LogP contribution in [0.25, 0.3) is 0 Å². The summed E-state index contributed by atoms with van der Waals surface area (Å²) in [5, 5.41) is 2.80. The summed E-state index contributed by atoms with van der Waals surface area (Å²) in [6.07, 6.45) is -0.903. The summed E-state index contributed by atoms with van der Waals surface area (Å²) in [5.74, 6) is -0.782. The maximum Gasteiger partial charge on any atom is 0.256 e. The number of carbonyl (C=O) groups excluding carboxylic acids is 2. The van der Waals surface area contributed by atoms with Crippen LogP contribution in [0.2, 0.25) is 0 Å². The third-order valence-electron chi connectivity index (χ3n) is 5.26. The van der Waals surface area contributed by atoms with E-state index in [1.807, 2.05) is 31.2 Å². The Labute approximate surface area is 182 Å². The molecule has 1 aliphatic heterocycles. The fraction of sp³-hybridized carbons (Fsp3) is 0.364. The number of carbonyl (C=O) groups is 2. The standard InChI is InChI=1S/C22H27N3O5S/c1-15-8-10-17(11-9-15)20-21(30-13-19(26)25(20)4)22(27)23-18-7-5-6-16(12-18)14-31(28,29)24(2)3/h5-12,20-21H,13-14H2,1-4H3,(H,23,27). The molecule has 2 amide bonds. The topological polar surface area (TPSA) is 96.0 Å². The van der Waals surface area contributed by atoms with E-state index < -0.39 is 28.1 Å². The highest BCUT2D eigenvalue weighted by molar-refractivity contribution is 7.88. The van der Waals surface area contributed by atoms with Gasteiger partial charge in [0.15, 0.2) is 6.10 Å². The molecule has 0 aromatic heterocycles. The van der Waals surface area contributed by atoms with Crippen molar-refractivity contribution in [3.8, 4) is 0 Å². The van der Waals surface area contributed by atoms with E-state index in [1.54, 1.807) is 31.3 Å². The van der Waals surface area contributed by atoms with Gasteiger partial charge in [-0.3, -0.25) is 9.59 Å². The lowest BCUT2D eigenvalue weighted by Crippen LogP contribution is -2.51. The van der Waals surface area contributed by atoms with Crippen LogP contribution in [-0.2, 0) is 30.1 Å². The zero-order valence-corrected chi connectivity index (χ0v) is 18.8. The van der Waals surface area contributed by atoms with E-state index >= 15 is 0 Å². The first-order valence-electron chi connectivity index (χ1n) is 9.82. The van der Waals surface area contributed by atoms with Crippen molar-refractivity contribution in [2.45, 2.75) is 24.8 Å². The van der Waals surface area contributed by atoms with Gasteiger partial charge in [-0.2, -0.15) is 0 Å². The minimum absolute atomic E-state index is 0.174. The van der Waals surface area contributed by atoms with Gasteiger partial charge in [0, 0.05) is 26.8 Å². The summed E-state index contributed by atoms with van der Waals surface area (Å²) in [4.78, 5) is 26.8. The third kappa shape index (κ3) is 5.30. The van der Waals surface area contributed by atoms with Crippen molar-refractivity contribution in [3.63, 3.8) is 0 Å². The van der Waals surface area contributed by atoms with Crippen molar-refractivity contribution in [3.05, 3.63) is 65.2 Å². The Morgan fingerprint density at radius 3 is 2.52 bits per heavy atom. The van der Waals surface area contributed by atoms with Crippen LogP contribution in [-0.4, -0.2) is 63.3 Å². The van der Waals surface area contributed by atoms with Crippen LogP contribution in [0.4, 0.5) is 5.69 Å². The number of nitrogens with one attached hydrogen (secondary N) is 1. The van der Waals surface area contributed by atoms with Crippen molar-refractivity contribution >= 4 is 27.5 Å². The summed E-state index contributed by atoms with van der Waals surface area (Å²) in [6, 6.07) is 13.7. The number of hydrogen-bond acceptors (Lipinski definition) is 5. The zero-order chi connectivity index (χ0) is 22.8. The fourth-order valence-electron chi connectivity index (χ4n) is 3.39. The lowest BCUT2D eigenvalue weighted by Gasteiger charge is -2.38. The largest absolute Gasteiger partial charge is 0.356 e. The molecule has 1 fully saturated rings. The van der Waals surface area contributed by atoms with E-state index in [0.29, 0.717) is 11.3 Å². The lowest BCUT2D eigenvalue weighted by molar-refractivity contribution is -0.160. The molecule has 2 atom stereocenters. The van der Waals surface area contributed by atoms with Crippen LogP contribution < -0.4 is 5.32 Å². The number of sulfonamides is 1. The molecule has 0 saturated carbocycles. The van der Waals surface area contributed by atoms with Gasteiger partial charge in [-0.15, -0.1) is 0 Å². The molecule has 0 bridgehead atoms. The predicted molar refractivity (Wildman–Crippen MR) is 118 cm³/mol. The molecule has 1 N–H and O–H groups in total. The molecule has 1 heterocycles. The molecule has 0 spiro atoms. The Morgan fingerprint density at radius 2 is 1.87 bits per heavy atom. The highest BCUT2D eigenvalue weighted by Gasteiger charge is 2.40. The van der Waals surface area contributed by atoms with Crippen molar-refractivity contribution < 1.29 is 22.7 Å². The molecule has 2 aromatic rings. The van der Waals surface area contributed by atoms with Crippen LogP contribution in [0.5, 0.6) is 0 Å². The van der Waals surface area contributed by atoms with Gasteiger partial charge in [0.1, 0.15) is 6.61 Å². The molecular weight excluding hydrogens is 418 g/mol. The summed E-state index contributed by atoms with van der Waals surface area (Å²) in [6.45, 7) is 1.78. The molecule has 2 aromatic carbocycles. The zero-order valence-electron chi connectivity index (χ0n) is 18.0. The van der Waals surface area contributed by atoms with Crippen molar-refractivity contribution in [2.75, 3.05) is 33.1 Å². The first-order valence-corrected chi connectivity index (χ1v) is 11.4. The van der Waals surface area contributed by atoms with Crippen LogP contribution in [0.1, 0.15) is 22.7 Å². The van der Waals surface area contributed by atoms with E-state index in [0.717, 1.165) is 15.4 Å². The van der Waals surface area contributed by atoms with Crippen LogP contribution in [0.3, 0.4) is 0 Å². The van der Waals surface area contributed by atoms with Gasteiger partial charge in [0.2, 0.25) is 15.9 Å². The van der Waals surface area contributed by atoms with E-state index in [1.165, 1.54) is 19.0 Å². The Hall–Kier alpha value is -2.75. The monoisotopic (exact) mass is 445 g/mol. The molecule has 0 aliphatic carbocycles. The fourth-order valence-corrected chi connectivity index (χ4v) is 4.24. The van der Waals surface area contributed by atoms with E-state index in [9.17, 15) is 18.0 Å². The molecule has 166 valence electrons. The number of amides is 2. The molecule has 9 heteroatoms. The summed E-state index contributed by atoms with van der Waals surface area (Å²) < 4.78 is 31.1. The molecule has 2 unspecified atom stereocenters. The van der Waals surface area contributed by atoms with Crippen LogP contribution >= 0.6 is 0 Å². The van der Waals surface area contributed by atoms with Gasteiger partial charge in [-0.25, -0.2) is 12.7 Å². The number of hydrogen-bond donors (Lipinski definition) is 1. The van der Waals surface area contributed by atoms with Crippen molar-refractivity contribution in [1.82, 2.24) is 9.21 Å². The number of likely N-dealkylation sites (N-methyl/N-ethyl adjacent to an activating group) is 1. The van der Waals surface area contributed by atoms with Gasteiger partial charge < -0.3 is 15.0 Å². The van der Waals surface area contributed by atoms with Gasteiger partial charge in [-0.1, -0.05) is 42.0 Å². The highest BCUT2D eigenvalue weighted by Crippen LogP contribution is 2.30. The quantitative estimate of drug-likeness (QED) is 0.733. The Morgan fingerprint density at radius 1 is 1.19 bits per heavy atom. The number of anilines is 1. The smallest absolute Gasteiger partial charge is 0.256 e. The number of ether oxygens (including phenoxy) is 1. The summed E-state index contributed by atoms with van der Waals surface area (Å²) >= 11 is 0. The normalized spacial score (nSPS) is 19.5. The van der Waals surface area contributed by atoms with Crippen molar-refractivity contribution in [2.24, 2.45) is 0 Å². The Kier molecular flexibility index (Phi) is 6.78. The van der Waals surface area contributed by atoms with E-state index in [2.05, 4.69) is 5.32 Å².